The third-order valence-electron chi connectivity index (χ3n) is 5.06. The van der Waals surface area contributed by atoms with Crippen molar-refractivity contribution in [2.75, 3.05) is 14.2 Å². The van der Waals surface area contributed by atoms with E-state index in [1.807, 2.05) is 78.9 Å². The summed E-state index contributed by atoms with van der Waals surface area (Å²) < 4.78 is 10.9. The monoisotopic (exact) mass is 437 g/mol. The van der Waals surface area contributed by atoms with Crippen molar-refractivity contribution in [3.8, 4) is 22.8 Å². The fourth-order valence-corrected chi connectivity index (χ4v) is 3.43. The summed E-state index contributed by atoms with van der Waals surface area (Å²) in [7, 11) is 3.19. The fourth-order valence-electron chi connectivity index (χ4n) is 3.43. The Balaban J connectivity index is 1.65. The highest BCUT2D eigenvalue weighted by Gasteiger charge is 2.16. The van der Waals surface area contributed by atoms with Crippen molar-refractivity contribution in [2.24, 2.45) is 5.10 Å². The molecule has 1 amide bonds. The number of amides is 1. The van der Waals surface area contributed by atoms with Gasteiger partial charge in [0.2, 0.25) is 0 Å². The Morgan fingerprint density at radius 1 is 0.939 bits per heavy atom. The van der Waals surface area contributed by atoms with E-state index >= 15 is 0 Å². The number of carbonyl (C=O) groups excluding carboxylic acids is 1. The highest BCUT2D eigenvalue weighted by Crippen LogP contribution is 2.34. The summed E-state index contributed by atoms with van der Waals surface area (Å²) >= 11 is 0. The average molecular weight is 437 g/mol. The van der Waals surface area contributed by atoms with Crippen LogP contribution >= 0.6 is 0 Å². The number of para-hydroxylation sites is 1. The van der Waals surface area contributed by atoms with Crippen molar-refractivity contribution in [1.29, 1.82) is 0 Å². The van der Waals surface area contributed by atoms with Crippen LogP contribution in [0.5, 0.6) is 11.5 Å². The predicted octanol–water partition coefficient (Wildman–Crippen LogP) is 5.35. The summed E-state index contributed by atoms with van der Waals surface area (Å²) in [4.78, 5) is 17.8. The number of pyridine rings is 1. The SMILES string of the molecule is COc1ccc(OC)c(-c2cc(C(=O)NN=C/C=C/c3ccccc3)c3ccccc3n2)c1. The van der Waals surface area contributed by atoms with E-state index in [0.29, 0.717) is 28.3 Å². The molecule has 4 aromatic rings. The molecule has 0 spiro atoms. The number of nitrogens with zero attached hydrogens (tertiary/aromatic N) is 2. The van der Waals surface area contributed by atoms with Gasteiger partial charge in [0, 0.05) is 17.2 Å². The molecule has 0 aliphatic heterocycles. The Morgan fingerprint density at radius 3 is 2.52 bits per heavy atom. The van der Waals surface area contributed by atoms with Crippen LogP contribution in [0.15, 0.2) is 90.0 Å². The van der Waals surface area contributed by atoms with E-state index in [0.717, 1.165) is 16.5 Å². The number of hydrazone groups is 1. The van der Waals surface area contributed by atoms with Crippen molar-refractivity contribution in [3.63, 3.8) is 0 Å². The Bertz CT molecular complexity index is 1330. The van der Waals surface area contributed by atoms with Gasteiger partial charge < -0.3 is 9.47 Å². The molecule has 3 aromatic carbocycles. The molecule has 33 heavy (non-hydrogen) atoms. The van der Waals surface area contributed by atoms with Crippen LogP contribution in [0.4, 0.5) is 0 Å². The maximum atomic E-state index is 13.0. The van der Waals surface area contributed by atoms with Gasteiger partial charge in [0.25, 0.3) is 5.91 Å². The zero-order valence-electron chi connectivity index (χ0n) is 18.4. The molecule has 0 aliphatic rings. The first-order valence-corrected chi connectivity index (χ1v) is 10.4. The smallest absolute Gasteiger partial charge is 0.272 e. The van der Waals surface area contributed by atoms with E-state index in [1.165, 1.54) is 0 Å². The number of methoxy groups -OCH3 is 2. The van der Waals surface area contributed by atoms with Gasteiger partial charge in [-0.25, -0.2) is 10.4 Å². The number of hydrogen-bond acceptors (Lipinski definition) is 5. The molecule has 6 heteroatoms. The maximum absolute atomic E-state index is 13.0. The Labute approximate surface area is 192 Å². The van der Waals surface area contributed by atoms with Gasteiger partial charge in [0.15, 0.2) is 0 Å². The van der Waals surface area contributed by atoms with Crippen LogP contribution in [0, 0.1) is 0 Å². The Kier molecular flexibility index (Phi) is 6.75. The number of benzene rings is 3. The van der Waals surface area contributed by atoms with Gasteiger partial charge in [-0.1, -0.05) is 54.6 Å². The first-order valence-electron chi connectivity index (χ1n) is 10.4. The van der Waals surface area contributed by atoms with Crippen LogP contribution in [0.2, 0.25) is 0 Å². The lowest BCUT2D eigenvalue weighted by Gasteiger charge is -2.13. The summed E-state index contributed by atoms with van der Waals surface area (Å²) in [6.07, 6.45) is 5.22. The lowest BCUT2D eigenvalue weighted by atomic mass is 10.0. The van der Waals surface area contributed by atoms with Gasteiger partial charge in [0.05, 0.1) is 31.0 Å². The van der Waals surface area contributed by atoms with Gasteiger partial charge in [-0.15, -0.1) is 0 Å². The van der Waals surface area contributed by atoms with Gasteiger partial charge in [-0.05, 0) is 42.0 Å². The maximum Gasteiger partial charge on any atom is 0.272 e. The molecule has 0 fully saturated rings. The van der Waals surface area contributed by atoms with Crippen molar-refractivity contribution in [2.45, 2.75) is 0 Å². The summed E-state index contributed by atoms with van der Waals surface area (Å²) in [5.74, 6) is 0.969. The number of aromatic nitrogens is 1. The van der Waals surface area contributed by atoms with E-state index in [1.54, 1.807) is 32.6 Å². The first-order chi connectivity index (χ1) is 16.2. The largest absolute Gasteiger partial charge is 0.497 e. The third kappa shape index (κ3) is 5.07. The number of nitrogens with one attached hydrogen (secondary N) is 1. The molecule has 0 saturated heterocycles. The van der Waals surface area contributed by atoms with Crippen molar-refractivity contribution in [1.82, 2.24) is 10.4 Å². The number of ether oxygens (including phenoxy) is 2. The summed E-state index contributed by atoms with van der Waals surface area (Å²) in [6.45, 7) is 0. The highest BCUT2D eigenvalue weighted by molar-refractivity contribution is 6.07. The summed E-state index contributed by atoms with van der Waals surface area (Å²) in [6, 6.07) is 24.5. The van der Waals surface area contributed by atoms with Gasteiger partial charge in [0.1, 0.15) is 11.5 Å². The van der Waals surface area contributed by atoms with Crippen LogP contribution in [0.25, 0.3) is 28.2 Å². The van der Waals surface area contributed by atoms with E-state index in [2.05, 4.69) is 10.5 Å². The number of rotatable bonds is 7. The van der Waals surface area contributed by atoms with Crippen LogP contribution < -0.4 is 14.9 Å². The standard InChI is InChI=1S/C27H23N3O3/c1-32-20-14-15-26(33-2)23(17-20)25-18-22(21-12-6-7-13-24(21)29-25)27(31)30-28-16-8-11-19-9-4-3-5-10-19/h3-18H,1-2H3,(H,30,31)/b11-8+,28-16?. The molecule has 1 heterocycles. The van der Waals surface area contributed by atoms with Gasteiger partial charge in [-0.3, -0.25) is 4.79 Å². The van der Waals surface area contributed by atoms with Crippen LogP contribution in [0.1, 0.15) is 15.9 Å². The lowest BCUT2D eigenvalue weighted by Crippen LogP contribution is -2.18. The minimum atomic E-state index is -0.332. The van der Waals surface area contributed by atoms with E-state index in [9.17, 15) is 4.79 Å². The molecule has 1 N–H and O–H groups in total. The molecule has 0 aliphatic carbocycles. The zero-order chi connectivity index (χ0) is 23.0. The fraction of sp³-hybridized carbons (Fsp3) is 0.0741. The second-order valence-corrected chi connectivity index (χ2v) is 7.13. The molecule has 0 bridgehead atoms. The quantitative estimate of drug-likeness (QED) is 0.313. The van der Waals surface area contributed by atoms with E-state index in [-0.39, 0.29) is 5.91 Å². The first kappa shape index (κ1) is 21.8. The molecule has 1 aromatic heterocycles. The van der Waals surface area contributed by atoms with Crippen LogP contribution in [0.3, 0.4) is 0 Å². The number of hydrogen-bond donors (Lipinski definition) is 1. The van der Waals surface area contributed by atoms with Gasteiger partial charge in [-0.2, -0.15) is 5.10 Å². The molecule has 4 rings (SSSR count). The van der Waals surface area contributed by atoms with Crippen molar-refractivity contribution >= 4 is 29.1 Å². The van der Waals surface area contributed by atoms with Crippen LogP contribution in [-0.4, -0.2) is 31.3 Å². The van der Waals surface area contributed by atoms with Crippen molar-refractivity contribution < 1.29 is 14.3 Å². The molecule has 0 unspecified atom stereocenters. The predicted molar refractivity (Wildman–Crippen MR) is 132 cm³/mol. The lowest BCUT2D eigenvalue weighted by molar-refractivity contribution is 0.0956. The average Bonchev–Trinajstić information content (AvgIpc) is 2.87. The molecule has 6 nitrogen and oxygen atoms in total. The minimum absolute atomic E-state index is 0.332. The number of allylic oxidation sites excluding steroid dienone is 1. The van der Waals surface area contributed by atoms with Crippen molar-refractivity contribution in [3.05, 3.63) is 96.1 Å². The topological polar surface area (TPSA) is 72.8 Å². The second-order valence-electron chi connectivity index (χ2n) is 7.13. The number of carbonyl (C=O) groups is 1. The molecular formula is C27H23N3O3. The van der Waals surface area contributed by atoms with E-state index < -0.39 is 0 Å². The molecule has 164 valence electrons. The summed E-state index contributed by atoms with van der Waals surface area (Å²) in [5.41, 5.74) is 6.13. The number of fused-ring (bicyclic) bond motifs is 1. The van der Waals surface area contributed by atoms with Crippen LogP contribution in [-0.2, 0) is 0 Å². The summed E-state index contributed by atoms with van der Waals surface area (Å²) in [5, 5.41) is 4.79. The van der Waals surface area contributed by atoms with E-state index in [4.69, 9.17) is 14.5 Å². The second kappa shape index (κ2) is 10.2. The minimum Gasteiger partial charge on any atom is -0.497 e. The van der Waals surface area contributed by atoms with Gasteiger partial charge >= 0.3 is 0 Å². The Hall–Kier alpha value is -4.45. The molecule has 0 atom stereocenters. The molecule has 0 saturated carbocycles. The normalized spacial score (nSPS) is 11.2. The molecule has 0 radical (unpaired) electrons. The third-order valence-corrected chi connectivity index (χ3v) is 5.06. The highest BCUT2D eigenvalue weighted by atomic mass is 16.5. The molecular weight excluding hydrogens is 414 g/mol. The Morgan fingerprint density at radius 2 is 1.73 bits per heavy atom. The zero-order valence-corrected chi connectivity index (χ0v) is 18.4.